The van der Waals surface area contributed by atoms with Crippen LogP contribution in [-0.4, -0.2) is 22.1 Å². The Labute approximate surface area is 153 Å². The summed E-state index contributed by atoms with van der Waals surface area (Å²) in [6.07, 6.45) is 1.31. The lowest BCUT2D eigenvalue weighted by Crippen LogP contribution is -2.01. The molecule has 0 amide bonds. The first-order chi connectivity index (χ1) is 12.1. The first-order valence-corrected chi connectivity index (χ1v) is 7.93. The average Bonchev–Trinajstić information content (AvgIpc) is 2.63. The minimum absolute atomic E-state index is 0.0219. The molecule has 1 aromatic carbocycles. The Morgan fingerprint density at radius 3 is 2.52 bits per heavy atom. The van der Waals surface area contributed by atoms with E-state index in [4.69, 9.17) is 32.7 Å². The molecule has 0 aliphatic carbocycles. The molecule has 0 radical (unpaired) electrons. The molecular formula is C17H12Cl2FN3O2. The molecule has 0 saturated heterocycles. The van der Waals surface area contributed by atoms with Crippen molar-refractivity contribution in [3.05, 3.63) is 64.3 Å². The Morgan fingerprint density at radius 2 is 1.84 bits per heavy atom. The van der Waals surface area contributed by atoms with Crippen molar-refractivity contribution in [1.82, 2.24) is 15.0 Å². The fraction of sp³-hybridized carbons (Fsp3) is 0.118. The first-order valence-electron chi connectivity index (χ1n) is 7.17. The predicted molar refractivity (Wildman–Crippen MR) is 92.6 cm³/mol. The van der Waals surface area contributed by atoms with Gasteiger partial charge in [-0.2, -0.15) is 9.37 Å². The van der Waals surface area contributed by atoms with Crippen LogP contribution in [0.5, 0.6) is 11.6 Å². The van der Waals surface area contributed by atoms with Crippen LogP contribution in [0, 0.1) is 5.95 Å². The lowest BCUT2D eigenvalue weighted by atomic mass is 10.2. The van der Waals surface area contributed by atoms with Crippen LogP contribution in [0.4, 0.5) is 4.39 Å². The highest BCUT2D eigenvalue weighted by atomic mass is 35.5. The maximum absolute atomic E-state index is 13.3. The second-order valence-electron chi connectivity index (χ2n) is 4.96. The van der Waals surface area contributed by atoms with Crippen molar-refractivity contribution in [2.45, 2.75) is 6.61 Å². The summed E-state index contributed by atoms with van der Waals surface area (Å²) in [6, 6.07) is 10.1. The molecular weight excluding hydrogens is 368 g/mol. The van der Waals surface area contributed by atoms with E-state index in [-0.39, 0.29) is 28.5 Å². The number of ether oxygens (including phenoxy) is 2. The van der Waals surface area contributed by atoms with Gasteiger partial charge in [-0.3, -0.25) is 0 Å². The first kappa shape index (κ1) is 17.4. The smallest absolute Gasteiger partial charge is 0.238 e. The molecule has 0 spiro atoms. The van der Waals surface area contributed by atoms with Crippen LogP contribution in [-0.2, 0) is 6.61 Å². The number of hydrogen-bond acceptors (Lipinski definition) is 5. The molecule has 2 aromatic heterocycles. The Kier molecular flexibility index (Phi) is 5.31. The summed E-state index contributed by atoms with van der Waals surface area (Å²) in [6.45, 7) is 0.223. The van der Waals surface area contributed by atoms with Gasteiger partial charge in [-0.25, -0.2) is 9.97 Å². The van der Waals surface area contributed by atoms with Gasteiger partial charge in [0, 0.05) is 17.8 Å². The second-order valence-corrected chi connectivity index (χ2v) is 5.70. The van der Waals surface area contributed by atoms with Gasteiger partial charge >= 0.3 is 0 Å². The number of methoxy groups -OCH3 is 1. The van der Waals surface area contributed by atoms with Crippen molar-refractivity contribution < 1.29 is 13.9 Å². The van der Waals surface area contributed by atoms with Gasteiger partial charge in [0.1, 0.15) is 17.4 Å². The van der Waals surface area contributed by atoms with Gasteiger partial charge in [0.05, 0.1) is 7.11 Å². The summed E-state index contributed by atoms with van der Waals surface area (Å²) in [7, 11) is 1.59. The quantitative estimate of drug-likeness (QED) is 0.479. The van der Waals surface area contributed by atoms with Gasteiger partial charge in [0.2, 0.25) is 11.8 Å². The highest BCUT2D eigenvalue weighted by Gasteiger charge is 2.14. The maximum atomic E-state index is 13.3. The van der Waals surface area contributed by atoms with E-state index in [1.54, 1.807) is 13.2 Å². The van der Waals surface area contributed by atoms with Crippen molar-refractivity contribution >= 4 is 23.2 Å². The zero-order valence-corrected chi connectivity index (χ0v) is 14.6. The lowest BCUT2D eigenvalue weighted by molar-refractivity contribution is 0.293. The molecule has 5 nitrogen and oxygen atoms in total. The molecule has 3 rings (SSSR count). The highest BCUT2D eigenvalue weighted by Crippen LogP contribution is 2.32. The van der Waals surface area contributed by atoms with E-state index in [2.05, 4.69) is 15.0 Å². The van der Waals surface area contributed by atoms with Crippen LogP contribution >= 0.6 is 23.2 Å². The molecule has 0 atom stereocenters. The summed E-state index contributed by atoms with van der Waals surface area (Å²) >= 11 is 12.2. The van der Waals surface area contributed by atoms with Gasteiger partial charge in [-0.05, 0) is 23.8 Å². The summed E-state index contributed by atoms with van der Waals surface area (Å²) in [5, 5.41) is 0.113. The van der Waals surface area contributed by atoms with E-state index in [9.17, 15) is 4.39 Å². The van der Waals surface area contributed by atoms with E-state index in [0.29, 0.717) is 5.56 Å². The zero-order chi connectivity index (χ0) is 17.8. The van der Waals surface area contributed by atoms with Crippen LogP contribution in [0.3, 0.4) is 0 Å². The van der Waals surface area contributed by atoms with Crippen molar-refractivity contribution in [1.29, 1.82) is 0 Å². The maximum Gasteiger partial charge on any atom is 0.238 e. The highest BCUT2D eigenvalue weighted by molar-refractivity contribution is 6.42. The van der Waals surface area contributed by atoms with E-state index in [1.807, 2.05) is 24.3 Å². The fourth-order valence-corrected chi connectivity index (χ4v) is 2.34. The molecule has 0 fully saturated rings. The van der Waals surface area contributed by atoms with E-state index in [1.165, 1.54) is 12.3 Å². The summed E-state index contributed by atoms with van der Waals surface area (Å²) in [5.74, 6) is 0.409. The van der Waals surface area contributed by atoms with E-state index < -0.39 is 5.95 Å². The number of rotatable bonds is 5. The predicted octanol–water partition coefficient (Wildman–Crippen LogP) is 4.57. The lowest BCUT2D eigenvalue weighted by Gasteiger charge is -2.10. The van der Waals surface area contributed by atoms with Crippen molar-refractivity contribution in [3.63, 3.8) is 0 Å². The van der Waals surface area contributed by atoms with Crippen LogP contribution in [0.1, 0.15) is 5.56 Å². The second kappa shape index (κ2) is 7.63. The number of nitrogens with zero attached hydrogens (tertiary/aromatic N) is 3. The zero-order valence-electron chi connectivity index (χ0n) is 13.0. The standard InChI is InChI=1S/C17H12Cl2FN3O2/c1-24-12-4-2-10(3-5-12)9-25-17-14(18)15(19)22-16(23-17)11-6-7-21-13(20)8-11/h2-8H,9H2,1H3. The monoisotopic (exact) mass is 379 g/mol. The largest absolute Gasteiger partial charge is 0.497 e. The summed E-state index contributed by atoms with van der Waals surface area (Å²) < 4.78 is 24.1. The number of benzene rings is 1. The molecule has 8 heteroatoms. The number of pyridine rings is 1. The number of hydrogen-bond donors (Lipinski definition) is 0. The van der Waals surface area contributed by atoms with Gasteiger partial charge in [-0.15, -0.1) is 0 Å². The topological polar surface area (TPSA) is 57.1 Å². The van der Waals surface area contributed by atoms with E-state index in [0.717, 1.165) is 11.3 Å². The van der Waals surface area contributed by atoms with Crippen molar-refractivity contribution in [2.75, 3.05) is 7.11 Å². The minimum atomic E-state index is -0.645. The Bertz CT molecular complexity index is 892. The average molecular weight is 380 g/mol. The molecule has 0 unspecified atom stereocenters. The van der Waals surface area contributed by atoms with Crippen LogP contribution in [0.15, 0.2) is 42.6 Å². The number of aromatic nitrogens is 3. The summed E-state index contributed by atoms with van der Waals surface area (Å²) in [4.78, 5) is 11.8. The van der Waals surface area contributed by atoms with Gasteiger partial charge in [0.25, 0.3) is 0 Å². The van der Waals surface area contributed by atoms with Gasteiger partial charge < -0.3 is 9.47 Å². The Morgan fingerprint density at radius 1 is 1.08 bits per heavy atom. The SMILES string of the molecule is COc1ccc(COc2nc(-c3ccnc(F)c3)nc(Cl)c2Cl)cc1. The summed E-state index contributed by atoms with van der Waals surface area (Å²) in [5.41, 5.74) is 1.31. The third-order valence-electron chi connectivity index (χ3n) is 3.30. The molecule has 0 aliphatic rings. The van der Waals surface area contributed by atoms with Gasteiger partial charge in [-0.1, -0.05) is 35.3 Å². The molecule has 128 valence electrons. The van der Waals surface area contributed by atoms with Crippen LogP contribution in [0.2, 0.25) is 10.2 Å². The Balaban J connectivity index is 1.85. The molecule has 0 aliphatic heterocycles. The fourth-order valence-electron chi connectivity index (χ4n) is 2.04. The van der Waals surface area contributed by atoms with Gasteiger partial charge in [0.15, 0.2) is 11.0 Å². The third kappa shape index (κ3) is 4.15. The van der Waals surface area contributed by atoms with E-state index >= 15 is 0 Å². The third-order valence-corrected chi connectivity index (χ3v) is 4.01. The molecule has 0 bridgehead atoms. The molecule has 25 heavy (non-hydrogen) atoms. The van der Waals surface area contributed by atoms with Crippen LogP contribution in [0.25, 0.3) is 11.4 Å². The molecule has 0 N–H and O–H groups in total. The molecule has 3 aromatic rings. The normalized spacial score (nSPS) is 10.6. The molecule has 2 heterocycles. The molecule has 0 saturated carbocycles. The number of halogens is 3. The van der Waals surface area contributed by atoms with Crippen LogP contribution < -0.4 is 9.47 Å². The minimum Gasteiger partial charge on any atom is -0.497 e. The van der Waals surface area contributed by atoms with Crippen molar-refractivity contribution in [3.8, 4) is 23.0 Å². The van der Waals surface area contributed by atoms with Crippen molar-refractivity contribution in [2.24, 2.45) is 0 Å². The Hall–Kier alpha value is -2.44.